The van der Waals surface area contributed by atoms with Gasteiger partial charge >= 0.3 is 0 Å². The predicted octanol–water partition coefficient (Wildman–Crippen LogP) is 5.74. The molecule has 2 aromatic carbocycles. The summed E-state index contributed by atoms with van der Waals surface area (Å²) >= 11 is 9.43. The molecule has 0 aliphatic heterocycles. The van der Waals surface area contributed by atoms with Crippen LogP contribution in [-0.2, 0) is 0 Å². The second-order valence-corrected chi connectivity index (χ2v) is 6.54. The van der Waals surface area contributed by atoms with E-state index in [0.717, 1.165) is 29.4 Å². The van der Waals surface area contributed by atoms with Crippen LogP contribution < -0.4 is 5.32 Å². The minimum Gasteiger partial charge on any atom is -0.379 e. The third kappa shape index (κ3) is 3.06. The SMILES string of the molecule is Fc1cc(F)c(NC2CC(c3ccccc3Br)C2)c(Cl)c1. The average Bonchev–Trinajstić information content (AvgIpc) is 2.37. The van der Waals surface area contributed by atoms with Gasteiger partial charge in [0, 0.05) is 16.6 Å². The van der Waals surface area contributed by atoms with E-state index in [1.165, 1.54) is 5.56 Å². The van der Waals surface area contributed by atoms with Gasteiger partial charge in [0.2, 0.25) is 0 Å². The standard InChI is InChI=1S/C16H13BrClF2N/c17-13-4-2-1-3-12(13)9-5-11(6-9)21-16-14(18)7-10(19)8-15(16)20/h1-4,7-9,11,21H,5-6H2. The lowest BCUT2D eigenvalue weighted by Gasteiger charge is -2.37. The molecule has 1 nitrogen and oxygen atoms in total. The first-order valence-electron chi connectivity index (χ1n) is 6.70. The van der Waals surface area contributed by atoms with Gasteiger partial charge in [0.25, 0.3) is 0 Å². The van der Waals surface area contributed by atoms with Crippen LogP contribution in [0.1, 0.15) is 24.3 Å². The molecule has 21 heavy (non-hydrogen) atoms. The summed E-state index contributed by atoms with van der Waals surface area (Å²) in [7, 11) is 0. The third-order valence-electron chi connectivity index (χ3n) is 3.84. The second-order valence-electron chi connectivity index (χ2n) is 5.28. The van der Waals surface area contributed by atoms with Crippen molar-refractivity contribution in [3.8, 4) is 0 Å². The number of hydrogen-bond acceptors (Lipinski definition) is 1. The molecule has 0 unspecified atom stereocenters. The fourth-order valence-electron chi connectivity index (χ4n) is 2.68. The summed E-state index contributed by atoms with van der Waals surface area (Å²) < 4.78 is 27.8. The maximum Gasteiger partial charge on any atom is 0.150 e. The first-order chi connectivity index (χ1) is 10.0. The Bertz CT molecular complexity index is 648. The highest BCUT2D eigenvalue weighted by Gasteiger charge is 2.32. The van der Waals surface area contributed by atoms with Gasteiger partial charge < -0.3 is 5.32 Å². The summed E-state index contributed by atoms with van der Waals surface area (Å²) in [5, 5.41) is 3.15. The van der Waals surface area contributed by atoms with Crippen LogP contribution in [0, 0.1) is 11.6 Å². The number of nitrogens with one attached hydrogen (secondary N) is 1. The van der Waals surface area contributed by atoms with Crippen molar-refractivity contribution in [1.82, 2.24) is 0 Å². The molecular formula is C16H13BrClF2N. The van der Waals surface area contributed by atoms with Crippen molar-refractivity contribution in [2.75, 3.05) is 5.32 Å². The fraction of sp³-hybridized carbons (Fsp3) is 0.250. The van der Waals surface area contributed by atoms with Gasteiger partial charge in [-0.05, 0) is 36.5 Å². The molecule has 0 saturated heterocycles. The van der Waals surface area contributed by atoms with Crippen LogP contribution >= 0.6 is 27.5 Å². The Kier molecular flexibility index (Phi) is 4.18. The van der Waals surface area contributed by atoms with Crippen LogP contribution in [-0.4, -0.2) is 6.04 Å². The molecule has 0 aromatic heterocycles. The fourth-order valence-corrected chi connectivity index (χ4v) is 3.54. The van der Waals surface area contributed by atoms with E-state index in [-0.39, 0.29) is 16.8 Å². The molecule has 0 amide bonds. The molecular weight excluding hydrogens is 360 g/mol. The molecule has 1 aliphatic rings. The van der Waals surface area contributed by atoms with Crippen molar-refractivity contribution in [2.45, 2.75) is 24.8 Å². The van der Waals surface area contributed by atoms with E-state index in [1.807, 2.05) is 18.2 Å². The van der Waals surface area contributed by atoms with E-state index in [4.69, 9.17) is 11.6 Å². The summed E-state index contributed by atoms with van der Waals surface area (Å²) in [6, 6.07) is 10.2. The maximum absolute atomic E-state index is 13.7. The van der Waals surface area contributed by atoms with Gasteiger partial charge in [-0.25, -0.2) is 8.78 Å². The molecule has 110 valence electrons. The van der Waals surface area contributed by atoms with Crippen molar-refractivity contribution in [3.63, 3.8) is 0 Å². The van der Waals surface area contributed by atoms with Gasteiger partial charge in [-0.1, -0.05) is 45.7 Å². The van der Waals surface area contributed by atoms with E-state index < -0.39 is 11.6 Å². The number of anilines is 1. The molecule has 1 saturated carbocycles. The van der Waals surface area contributed by atoms with E-state index >= 15 is 0 Å². The van der Waals surface area contributed by atoms with E-state index in [9.17, 15) is 8.78 Å². The van der Waals surface area contributed by atoms with Crippen LogP contribution in [0.25, 0.3) is 0 Å². The first kappa shape index (κ1) is 14.8. The van der Waals surface area contributed by atoms with Gasteiger partial charge in [0.05, 0.1) is 10.7 Å². The number of hydrogen-bond donors (Lipinski definition) is 1. The zero-order valence-electron chi connectivity index (χ0n) is 11.0. The highest BCUT2D eigenvalue weighted by Crippen LogP contribution is 2.42. The molecule has 0 atom stereocenters. The molecule has 1 fully saturated rings. The highest BCUT2D eigenvalue weighted by atomic mass is 79.9. The van der Waals surface area contributed by atoms with Gasteiger partial charge in [0.15, 0.2) is 5.82 Å². The summed E-state index contributed by atoms with van der Waals surface area (Å²) in [5.74, 6) is -0.868. The molecule has 1 N–H and O–H groups in total. The average molecular weight is 373 g/mol. The van der Waals surface area contributed by atoms with Gasteiger partial charge in [-0.3, -0.25) is 0 Å². The van der Waals surface area contributed by atoms with Crippen LogP contribution in [0.2, 0.25) is 5.02 Å². The quantitative estimate of drug-likeness (QED) is 0.724. The predicted molar refractivity (Wildman–Crippen MR) is 84.9 cm³/mol. The van der Waals surface area contributed by atoms with Crippen LogP contribution in [0.15, 0.2) is 40.9 Å². The first-order valence-corrected chi connectivity index (χ1v) is 7.87. The molecule has 1 aliphatic carbocycles. The zero-order chi connectivity index (χ0) is 15.0. The summed E-state index contributed by atoms with van der Waals surface area (Å²) in [6.07, 6.45) is 1.80. The van der Waals surface area contributed by atoms with Gasteiger partial charge in [-0.15, -0.1) is 0 Å². The Morgan fingerprint density at radius 2 is 1.86 bits per heavy atom. The van der Waals surface area contributed by atoms with Crippen molar-refractivity contribution in [2.24, 2.45) is 0 Å². The minimum absolute atomic E-state index is 0.0804. The summed E-state index contributed by atoms with van der Waals surface area (Å²) in [5.41, 5.74) is 1.45. The number of rotatable bonds is 3. The number of benzene rings is 2. The Balaban J connectivity index is 1.67. The number of halogens is 4. The van der Waals surface area contributed by atoms with Gasteiger partial charge in [0.1, 0.15) is 5.82 Å². The van der Waals surface area contributed by atoms with Crippen LogP contribution in [0.4, 0.5) is 14.5 Å². The Morgan fingerprint density at radius 3 is 2.52 bits per heavy atom. The monoisotopic (exact) mass is 371 g/mol. The molecule has 0 spiro atoms. The van der Waals surface area contributed by atoms with E-state index in [1.54, 1.807) is 0 Å². The molecule has 3 rings (SSSR count). The highest BCUT2D eigenvalue weighted by molar-refractivity contribution is 9.10. The third-order valence-corrected chi connectivity index (χ3v) is 4.86. The molecule has 0 radical (unpaired) electrons. The van der Waals surface area contributed by atoms with Crippen LogP contribution in [0.3, 0.4) is 0 Å². The van der Waals surface area contributed by atoms with Crippen molar-refractivity contribution in [3.05, 3.63) is 63.1 Å². The Morgan fingerprint density at radius 1 is 1.14 bits per heavy atom. The van der Waals surface area contributed by atoms with Gasteiger partial charge in [-0.2, -0.15) is 0 Å². The van der Waals surface area contributed by atoms with Crippen molar-refractivity contribution in [1.29, 1.82) is 0 Å². The van der Waals surface area contributed by atoms with Crippen molar-refractivity contribution >= 4 is 33.2 Å². The van der Waals surface area contributed by atoms with E-state index in [0.29, 0.717) is 5.92 Å². The summed E-state index contributed by atoms with van der Waals surface area (Å²) in [4.78, 5) is 0. The Labute approximate surface area is 135 Å². The molecule has 0 heterocycles. The normalized spacial score (nSPS) is 21.0. The molecule has 2 aromatic rings. The minimum atomic E-state index is -0.664. The van der Waals surface area contributed by atoms with Crippen LogP contribution in [0.5, 0.6) is 0 Å². The smallest absolute Gasteiger partial charge is 0.150 e. The lowest BCUT2D eigenvalue weighted by atomic mass is 9.76. The largest absolute Gasteiger partial charge is 0.379 e. The Hall–Kier alpha value is -1.13. The summed E-state index contributed by atoms with van der Waals surface area (Å²) in [6.45, 7) is 0. The topological polar surface area (TPSA) is 12.0 Å². The van der Waals surface area contributed by atoms with Crippen molar-refractivity contribution < 1.29 is 8.78 Å². The van der Waals surface area contributed by atoms with E-state index in [2.05, 4.69) is 27.3 Å². The lowest BCUT2D eigenvalue weighted by molar-refractivity contribution is 0.372. The molecule has 5 heteroatoms. The second kappa shape index (κ2) is 5.93. The lowest BCUT2D eigenvalue weighted by Crippen LogP contribution is -2.34. The maximum atomic E-state index is 13.7. The zero-order valence-corrected chi connectivity index (χ0v) is 13.4. The molecule has 0 bridgehead atoms.